The van der Waals surface area contributed by atoms with E-state index in [1.807, 2.05) is 0 Å². The van der Waals surface area contributed by atoms with Gasteiger partial charge in [0.25, 0.3) is 11.9 Å². The predicted molar refractivity (Wildman–Crippen MR) is 17.7 cm³/mol. The molecule has 0 bridgehead atoms. The Morgan fingerprint density at radius 2 is 1.17 bits per heavy atom. The molecule has 2 nitrogen and oxygen atoms in total. The molecule has 0 aromatic carbocycles. The third-order valence-corrected chi connectivity index (χ3v) is 0.193. The van der Waals surface area contributed by atoms with Crippen LogP contribution in [0.1, 0.15) is 0 Å². The largest absolute Gasteiger partial charge is 0.270 e. The Morgan fingerprint density at radius 1 is 1.00 bits per heavy atom. The predicted octanol–water partition coefficient (Wildman–Crippen LogP) is 0.880. The molecule has 0 saturated heterocycles. The van der Waals surface area contributed by atoms with E-state index in [1.165, 1.54) is 0 Å². The van der Waals surface area contributed by atoms with Crippen molar-refractivity contribution in [2.45, 2.75) is 0 Å². The quantitative estimate of drug-likeness (QED) is 0.451. The first kappa shape index (κ1) is 5.20. The maximum atomic E-state index is 10.8. The highest BCUT2D eigenvalue weighted by Crippen LogP contribution is 1.77. The molecule has 2 N–H and O–H groups in total. The van der Waals surface area contributed by atoms with Gasteiger partial charge < -0.3 is 0 Å². The summed E-state index contributed by atoms with van der Waals surface area (Å²) in [5.41, 5.74) is 0. The van der Waals surface area contributed by atoms with Gasteiger partial charge in [0.15, 0.2) is 0 Å². The lowest BCUT2D eigenvalue weighted by Crippen LogP contribution is -1.95. The summed E-state index contributed by atoms with van der Waals surface area (Å²) in [7, 11) is 0. The summed E-state index contributed by atoms with van der Waals surface area (Å²) in [6.07, 6.45) is 0. The maximum absolute atomic E-state index is 10.8. The van der Waals surface area contributed by atoms with Crippen LogP contribution in [0.25, 0.3) is 0 Å². The Labute approximate surface area is 32.8 Å². The van der Waals surface area contributed by atoms with Gasteiger partial charge in [0.05, 0.1) is 0 Å². The van der Waals surface area contributed by atoms with Crippen LogP contribution >= 0.6 is 0 Å². The first-order valence-electron chi connectivity index (χ1n) is 1.13. The summed E-state index contributed by atoms with van der Waals surface area (Å²) in [6, 6.07) is 0. The van der Waals surface area contributed by atoms with Crippen LogP contribution in [0.4, 0.5) is 8.78 Å². The van der Waals surface area contributed by atoms with Crippen LogP contribution in [0.15, 0.2) is 0 Å². The normalized spacial score (nSPS) is 7.67. The molecule has 0 saturated carbocycles. The van der Waals surface area contributed by atoms with E-state index in [0.717, 1.165) is 0 Å². The Balaban J connectivity index is 3.57. The van der Waals surface area contributed by atoms with Crippen LogP contribution in [-0.4, -0.2) is 11.9 Å². The monoisotopic (exact) mass is 92.0 g/mol. The second kappa shape index (κ2) is 1.59. The van der Waals surface area contributed by atoms with Crippen LogP contribution < -0.4 is 0 Å². The molecule has 0 unspecified atom stereocenters. The van der Waals surface area contributed by atoms with Gasteiger partial charge in [-0.15, -0.1) is 0 Å². The maximum Gasteiger partial charge on any atom is 0.260 e. The van der Waals surface area contributed by atoms with Gasteiger partial charge in [0.2, 0.25) is 0 Å². The van der Waals surface area contributed by atoms with Crippen molar-refractivity contribution in [3.63, 3.8) is 0 Å². The molecule has 34 valence electrons. The number of halogens is 2. The topological polar surface area (TPSA) is 47.7 Å². The zero-order valence-electron chi connectivity index (χ0n) is 2.76. The Bertz CT molecular complexity index is 75.5. The molecule has 0 spiro atoms. The van der Waals surface area contributed by atoms with Crippen LogP contribution in [0.3, 0.4) is 0 Å². The highest BCUT2D eigenvalue weighted by atomic mass is 19.2. The second-order valence-corrected chi connectivity index (χ2v) is 0.628. The van der Waals surface area contributed by atoms with Gasteiger partial charge in [0, 0.05) is 0 Å². The van der Waals surface area contributed by atoms with Crippen LogP contribution in [0.2, 0.25) is 0 Å². The van der Waals surface area contributed by atoms with E-state index >= 15 is 0 Å². The van der Waals surface area contributed by atoms with E-state index in [4.69, 9.17) is 10.8 Å². The number of nitrogens with one attached hydrogen (secondary N) is 2. The first-order valence-corrected chi connectivity index (χ1v) is 1.13. The summed E-state index contributed by atoms with van der Waals surface area (Å²) < 4.78 is 21.6. The second-order valence-electron chi connectivity index (χ2n) is 0.628. The molecule has 4 heteroatoms. The fraction of sp³-hybridized carbons (Fsp3) is 0. The SMILES string of the molecule is N=C(F)C(=N)F. The van der Waals surface area contributed by atoms with Crippen LogP contribution in [-0.2, 0) is 0 Å². The molecule has 0 rings (SSSR count). The molecule has 0 aromatic heterocycles. The van der Waals surface area contributed by atoms with Gasteiger partial charge in [0.1, 0.15) is 0 Å². The van der Waals surface area contributed by atoms with Crippen molar-refractivity contribution in [3.8, 4) is 0 Å². The van der Waals surface area contributed by atoms with Gasteiger partial charge >= 0.3 is 0 Å². The van der Waals surface area contributed by atoms with E-state index < -0.39 is 11.9 Å². The van der Waals surface area contributed by atoms with Gasteiger partial charge in [-0.3, -0.25) is 10.8 Å². The van der Waals surface area contributed by atoms with Gasteiger partial charge in [-0.05, 0) is 0 Å². The van der Waals surface area contributed by atoms with Crippen molar-refractivity contribution in [1.82, 2.24) is 0 Å². The van der Waals surface area contributed by atoms with E-state index in [9.17, 15) is 8.78 Å². The Morgan fingerprint density at radius 3 is 1.17 bits per heavy atom. The van der Waals surface area contributed by atoms with Crippen LogP contribution in [0, 0.1) is 10.8 Å². The molecule has 0 heterocycles. The van der Waals surface area contributed by atoms with Crippen molar-refractivity contribution in [2.75, 3.05) is 0 Å². The molecule has 0 amide bonds. The Hall–Kier alpha value is -0.800. The average Bonchev–Trinajstić information content (AvgIpc) is 1.36. The minimum absolute atomic E-state index is 1.82. The fourth-order valence-electron chi connectivity index (χ4n) is 0. The third-order valence-electron chi connectivity index (χ3n) is 0.193. The summed E-state index contributed by atoms with van der Waals surface area (Å²) in [4.78, 5) is 0. The van der Waals surface area contributed by atoms with Crippen molar-refractivity contribution >= 4 is 11.9 Å². The molecule has 0 aliphatic heterocycles. The highest BCUT2D eigenvalue weighted by molar-refractivity contribution is 6.31. The van der Waals surface area contributed by atoms with Gasteiger partial charge in [-0.1, -0.05) is 0 Å². The molecule has 6 heavy (non-hydrogen) atoms. The van der Waals surface area contributed by atoms with Crippen molar-refractivity contribution in [3.05, 3.63) is 0 Å². The fourth-order valence-corrected chi connectivity index (χ4v) is 0. The summed E-state index contributed by atoms with van der Waals surface area (Å²) in [6.45, 7) is 0. The summed E-state index contributed by atoms with van der Waals surface area (Å²) in [5, 5.41) is 11.4. The Kier molecular flexibility index (Phi) is 1.38. The minimum atomic E-state index is -1.82. The lowest BCUT2D eigenvalue weighted by atomic mass is 10.7. The molecule has 0 aromatic rings. The zero-order chi connectivity index (χ0) is 5.15. The zero-order valence-corrected chi connectivity index (χ0v) is 2.76. The van der Waals surface area contributed by atoms with Crippen molar-refractivity contribution in [1.29, 1.82) is 10.8 Å². The highest BCUT2D eigenvalue weighted by Gasteiger charge is 1.96. The van der Waals surface area contributed by atoms with E-state index in [0.29, 0.717) is 0 Å². The van der Waals surface area contributed by atoms with Gasteiger partial charge in [-0.25, -0.2) is 0 Å². The lowest BCUT2D eigenvalue weighted by Gasteiger charge is -1.73. The summed E-state index contributed by atoms with van der Waals surface area (Å²) >= 11 is 0. The first-order chi connectivity index (χ1) is 2.64. The van der Waals surface area contributed by atoms with E-state index in [1.54, 1.807) is 0 Å². The molecule has 0 aliphatic rings. The summed E-state index contributed by atoms with van der Waals surface area (Å²) in [5.74, 6) is -3.65. The number of hydrogen-bond donors (Lipinski definition) is 2. The molecule has 0 atom stereocenters. The number of hydrogen-bond acceptors (Lipinski definition) is 2. The van der Waals surface area contributed by atoms with E-state index in [-0.39, 0.29) is 0 Å². The van der Waals surface area contributed by atoms with Crippen molar-refractivity contribution in [2.24, 2.45) is 0 Å². The lowest BCUT2D eigenvalue weighted by molar-refractivity contribution is 0.746. The van der Waals surface area contributed by atoms with Crippen molar-refractivity contribution < 1.29 is 8.78 Å². The average molecular weight is 92.0 g/mol. The smallest absolute Gasteiger partial charge is 0.260 e. The number of rotatable bonds is 1. The molecule has 0 aliphatic carbocycles. The minimum Gasteiger partial charge on any atom is -0.270 e. The van der Waals surface area contributed by atoms with Crippen LogP contribution in [0.5, 0.6) is 0 Å². The molecule has 0 fully saturated rings. The van der Waals surface area contributed by atoms with Gasteiger partial charge in [-0.2, -0.15) is 8.78 Å². The standard InChI is InChI=1S/C2H2F2N2/c3-1(5)2(4)6/h5-6H. The molecular formula is C2H2F2N2. The molecule has 0 radical (unpaired) electrons. The van der Waals surface area contributed by atoms with E-state index in [2.05, 4.69) is 0 Å². The third kappa shape index (κ3) is 1.51. The molecular weight excluding hydrogens is 90.0 g/mol.